The molecule has 1 amide bonds. The predicted molar refractivity (Wildman–Crippen MR) is 112 cm³/mol. The summed E-state index contributed by atoms with van der Waals surface area (Å²) in [5, 5.41) is 23.0. The van der Waals surface area contributed by atoms with Gasteiger partial charge in [-0.25, -0.2) is 0 Å². The molecule has 1 aromatic rings. The van der Waals surface area contributed by atoms with Crippen LogP contribution in [0.25, 0.3) is 0 Å². The lowest BCUT2D eigenvalue weighted by Gasteiger charge is -2.12. The van der Waals surface area contributed by atoms with E-state index in [1.165, 1.54) is 17.2 Å². The maximum Gasteiger partial charge on any atom is 0.252 e. The number of rotatable bonds is 9. The molecule has 0 atom stereocenters. The number of phenols is 2. The molecule has 2 rings (SSSR count). The van der Waals surface area contributed by atoms with Gasteiger partial charge in [-0.05, 0) is 38.7 Å². The second-order valence-electron chi connectivity index (χ2n) is 7.61. The summed E-state index contributed by atoms with van der Waals surface area (Å²) in [6, 6.07) is 1.35. The molecule has 0 radical (unpaired) electrons. The number of hydrogen-bond donors (Lipinski definition) is 3. The van der Waals surface area contributed by atoms with Crippen LogP contribution < -0.4 is 10.1 Å². The van der Waals surface area contributed by atoms with Crippen molar-refractivity contribution in [1.82, 2.24) is 5.32 Å². The highest BCUT2D eigenvalue weighted by molar-refractivity contribution is 6.00. The van der Waals surface area contributed by atoms with Gasteiger partial charge in [-0.2, -0.15) is 0 Å². The molecule has 0 fully saturated rings. The van der Waals surface area contributed by atoms with Gasteiger partial charge in [0.25, 0.3) is 5.91 Å². The van der Waals surface area contributed by atoms with Gasteiger partial charge < -0.3 is 20.3 Å². The first-order valence-electron chi connectivity index (χ1n) is 9.78. The van der Waals surface area contributed by atoms with Gasteiger partial charge >= 0.3 is 0 Å². The summed E-state index contributed by atoms with van der Waals surface area (Å²) in [7, 11) is 0. The fourth-order valence-corrected chi connectivity index (χ4v) is 2.95. The molecule has 1 aliphatic heterocycles. The Morgan fingerprint density at radius 3 is 2.71 bits per heavy atom. The number of nitrogens with one attached hydrogen (secondary N) is 1. The minimum absolute atomic E-state index is 0.0405. The van der Waals surface area contributed by atoms with E-state index in [9.17, 15) is 15.0 Å². The second-order valence-corrected chi connectivity index (χ2v) is 7.61. The van der Waals surface area contributed by atoms with Crippen molar-refractivity contribution in [3.05, 3.63) is 52.6 Å². The van der Waals surface area contributed by atoms with Crippen LogP contribution in [0.5, 0.6) is 17.2 Å². The first kappa shape index (κ1) is 21.6. The van der Waals surface area contributed by atoms with Crippen LogP contribution in [0.15, 0.2) is 41.5 Å². The lowest BCUT2D eigenvalue weighted by atomic mass is 10.1. The molecule has 0 unspecified atom stereocenters. The summed E-state index contributed by atoms with van der Waals surface area (Å²) in [5.74, 6) is -0.0726. The lowest BCUT2D eigenvalue weighted by molar-refractivity contribution is 0.0965. The zero-order valence-corrected chi connectivity index (χ0v) is 17.2. The topological polar surface area (TPSA) is 78.8 Å². The van der Waals surface area contributed by atoms with Gasteiger partial charge in [0.15, 0.2) is 11.5 Å². The largest absolute Gasteiger partial charge is 0.504 e. The number of carbonyl (C=O) groups is 1. The van der Waals surface area contributed by atoms with Crippen LogP contribution in [-0.2, 0) is 6.54 Å². The standard InChI is InChI=1S/C23H31NO4/c1-15(2)7-5-8-16(3)9-6-10-17(4)11-12-28-22-20(25)13-18-19(21(22)26)14-24-23(18)27/h5,7-8,10,13,15,25-26H,6,9,11-12,14H2,1-4H3,(H,24,27)/b7-5+,16-8+,17-10+. The number of allylic oxidation sites excluding steroid dienone is 5. The number of benzene rings is 1. The van der Waals surface area contributed by atoms with E-state index in [-0.39, 0.29) is 29.7 Å². The molecule has 1 aromatic carbocycles. The highest BCUT2D eigenvalue weighted by Gasteiger charge is 2.27. The Bertz CT molecular complexity index is 803. The zero-order chi connectivity index (χ0) is 20.7. The van der Waals surface area contributed by atoms with Crippen LogP contribution >= 0.6 is 0 Å². The Labute approximate surface area is 167 Å². The molecule has 0 aliphatic carbocycles. The molecule has 5 heteroatoms. The smallest absolute Gasteiger partial charge is 0.252 e. The highest BCUT2D eigenvalue weighted by Crippen LogP contribution is 2.42. The maximum atomic E-state index is 11.6. The van der Waals surface area contributed by atoms with Crippen molar-refractivity contribution in [2.24, 2.45) is 5.92 Å². The highest BCUT2D eigenvalue weighted by atomic mass is 16.5. The molecular formula is C23H31NO4. The van der Waals surface area contributed by atoms with Crippen molar-refractivity contribution >= 4 is 5.91 Å². The van der Waals surface area contributed by atoms with Crippen LogP contribution in [0.3, 0.4) is 0 Å². The third kappa shape index (κ3) is 5.91. The van der Waals surface area contributed by atoms with Crippen molar-refractivity contribution in [3.8, 4) is 17.2 Å². The summed E-state index contributed by atoms with van der Waals surface area (Å²) in [6.45, 7) is 9.09. The van der Waals surface area contributed by atoms with E-state index >= 15 is 0 Å². The Morgan fingerprint density at radius 1 is 1.25 bits per heavy atom. The van der Waals surface area contributed by atoms with Crippen molar-refractivity contribution in [2.75, 3.05) is 6.61 Å². The maximum absolute atomic E-state index is 11.6. The van der Waals surface area contributed by atoms with Gasteiger partial charge in [-0.15, -0.1) is 0 Å². The van der Waals surface area contributed by atoms with Crippen molar-refractivity contribution in [1.29, 1.82) is 0 Å². The second kappa shape index (κ2) is 10.0. The number of amides is 1. The first-order valence-corrected chi connectivity index (χ1v) is 9.78. The number of fused-ring (bicyclic) bond motifs is 1. The Balaban J connectivity index is 1.83. The molecule has 0 bridgehead atoms. The van der Waals surface area contributed by atoms with E-state index in [4.69, 9.17) is 4.74 Å². The molecule has 0 saturated heterocycles. The van der Waals surface area contributed by atoms with Gasteiger partial charge in [0.2, 0.25) is 5.75 Å². The van der Waals surface area contributed by atoms with Gasteiger partial charge in [0.05, 0.1) is 12.2 Å². The van der Waals surface area contributed by atoms with E-state index in [1.54, 1.807) is 0 Å². The van der Waals surface area contributed by atoms with E-state index < -0.39 is 0 Å². The van der Waals surface area contributed by atoms with Crippen molar-refractivity contribution < 1.29 is 19.7 Å². The van der Waals surface area contributed by atoms with Gasteiger partial charge in [-0.1, -0.05) is 49.3 Å². The summed E-state index contributed by atoms with van der Waals surface area (Å²) in [6.07, 6.45) is 11.3. The molecule has 5 nitrogen and oxygen atoms in total. The molecular weight excluding hydrogens is 354 g/mol. The molecule has 3 N–H and O–H groups in total. The Hall–Kier alpha value is -2.69. The third-order valence-corrected chi connectivity index (χ3v) is 4.66. The van der Waals surface area contributed by atoms with Crippen LogP contribution in [0.2, 0.25) is 0 Å². The molecule has 1 heterocycles. The zero-order valence-electron chi connectivity index (χ0n) is 17.2. The monoisotopic (exact) mass is 385 g/mol. The summed E-state index contributed by atoms with van der Waals surface area (Å²) in [5.41, 5.74) is 3.31. The quantitative estimate of drug-likeness (QED) is 0.413. The summed E-state index contributed by atoms with van der Waals surface area (Å²) in [4.78, 5) is 11.6. The number of phenolic OH excluding ortho intramolecular Hbond substituents is 2. The third-order valence-electron chi connectivity index (χ3n) is 4.66. The SMILES string of the molecule is C/C(=C\C=C\C(C)C)CC/C=C(\C)CCOc1c(O)cc2c(c1O)CNC2=O. The first-order chi connectivity index (χ1) is 13.3. The summed E-state index contributed by atoms with van der Waals surface area (Å²) < 4.78 is 5.60. The molecule has 1 aliphatic rings. The Kier molecular flexibility index (Phi) is 7.73. The van der Waals surface area contributed by atoms with Crippen LogP contribution in [0.4, 0.5) is 0 Å². The van der Waals surface area contributed by atoms with Crippen LogP contribution in [0.1, 0.15) is 62.9 Å². The van der Waals surface area contributed by atoms with Gasteiger partial charge in [0, 0.05) is 18.5 Å². The van der Waals surface area contributed by atoms with Gasteiger partial charge in [-0.3, -0.25) is 4.79 Å². The van der Waals surface area contributed by atoms with E-state index in [0.717, 1.165) is 12.8 Å². The van der Waals surface area contributed by atoms with Crippen LogP contribution in [0, 0.1) is 5.92 Å². The van der Waals surface area contributed by atoms with Crippen molar-refractivity contribution in [2.45, 2.75) is 53.5 Å². The minimum Gasteiger partial charge on any atom is -0.504 e. The lowest BCUT2D eigenvalue weighted by Crippen LogP contribution is -2.12. The fraction of sp³-hybridized carbons (Fsp3) is 0.435. The molecule has 28 heavy (non-hydrogen) atoms. The number of ether oxygens (including phenoxy) is 1. The number of hydrogen-bond acceptors (Lipinski definition) is 4. The number of aromatic hydroxyl groups is 2. The minimum atomic E-state index is -0.296. The van der Waals surface area contributed by atoms with Crippen LogP contribution in [-0.4, -0.2) is 22.7 Å². The van der Waals surface area contributed by atoms with Gasteiger partial charge in [0.1, 0.15) is 0 Å². The molecule has 0 spiro atoms. The molecule has 152 valence electrons. The number of carbonyl (C=O) groups excluding carboxylic acids is 1. The van der Waals surface area contributed by atoms with Crippen molar-refractivity contribution in [3.63, 3.8) is 0 Å². The molecule has 0 aromatic heterocycles. The average molecular weight is 386 g/mol. The molecule has 0 saturated carbocycles. The van der Waals surface area contributed by atoms with E-state index in [1.807, 2.05) is 6.92 Å². The Morgan fingerprint density at radius 2 is 2.00 bits per heavy atom. The average Bonchev–Trinajstić information content (AvgIpc) is 2.98. The van der Waals surface area contributed by atoms with E-state index in [0.29, 0.717) is 30.1 Å². The fourth-order valence-electron chi connectivity index (χ4n) is 2.95. The normalized spacial score (nSPS) is 14.7. The predicted octanol–water partition coefficient (Wildman–Crippen LogP) is 5.00. The summed E-state index contributed by atoms with van der Waals surface area (Å²) >= 11 is 0. The van der Waals surface area contributed by atoms with E-state index in [2.05, 4.69) is 50.4 Å².